The van der Waals surface area contributed by atoms with Gasteiger partial charge < -0.3 is 26.4 Å². The zero-order valence-electron chi connectivity index (χ0n) is 22.7. The fourth-order valence-corrected chi connectivity index (χ4v) is 4.50. The SMILES string of the molecule is Cc1cc(C[C@@H](C(N)=O)N(C)C(=O)[C@@H](Cc2ccc(F)cc2)N(C)C(=O)[C@@H](N)Cc2ccc(F)cc2)ccc1O. The molecule has 0 heterocycles. The van der Waals surface area contributed by atoms with Gasteiger partial charge >= 0.3 is 0 Å². The Morgan fingerprint density at radius 1 is 0.750 bits per heavy atom. The average Bonchev–Trinajstić information content (AvgIpc) is 2.92. The molecule has 0 unspecified atom stereocenters. The van der Waals surface area contributed by atoms with Gasteiger partial charge in [0, 0.05) is 26.9 Å². The van der Waals surface area contributed by atoms with Gasteiger partial charge in [-0.25, -0.2) is 8.78 Å². The van der Waals surface area contributed by atoms with Gasteiger partial charge in [-0.1, -0.05) is 36.4 Å². The summed E-state index contributed by atoms with van der Waals surface area (Å²) in [6, 6.07) is 12.8. The number of nitrogens with two attached hydrogens (primary N) is 2. The Morgan fingerprint density at radius 3 is 1.70 bits per heavy atom. The first-order valence-corrected chi connectivity index (χ1v) is 12.7. The summed E-state index contributed by atoms with van der Waals surface area (Å²) in [5, 5.41) is 9.83. The first kappa shape index (κ1) is 30.2. The van der Waals surface area contributed by atoms with Gasteiger partial charge in [-0.05, 0) is 65.9 Å². The zero-order chi connectivity index (χ0) is 29.6. The molecule has 8 nitrogen and oxygen atoms in total. The highest BCUT2D eigenvalue weighted by atomic mass is 19.1. The molecule has 0 aliphatic carbocycles. The molecule has 0 radical (unpaired) electrons. The second-order valence-corrected chi connectivity index (χ2v) is 9.92. The van der Waals surface area contributed by atoms with E-state index in [9.17, 15) is 28.3 Å². The van der Waals surface area contributed by atoms with E-state index in [0.717, 1.165) is 0 Å². The number of aryl methyl sites for hydroxylation is 1. The Morgan fingerprint density at radius 2 is 1.20 bits per heavy atom. The molecule has 212 valence electrons. The smallest absolute Gasteiger partial charge is 0.246 e. The molecule has 3 amide bonds. The van der Waals surface area contributed by atoms with Crippen LogP contribution in [0.25, 0.3) is 0 Å². The van der Waals surface area contributed by atoms with E-state index in [2.05, 4.69) is 0 Å². The number of hydrogen-bond donors (Lipinski definition) is 3. The van der Waals surface area contributed by atoms with Crippen LogP contribution < -0.4 is 11.5 Å². The van der Waals surface area contributed by atoms with Crippen LogP contribution >= 0.6 is 0 Å². The van der Waals surface area contributed by atoms with Gasteiger partial charge in [0.15, 0.2) is 0 Å². The van der Waals surface area contributed by atoms with Crippen LogP contribution in [0.5, 0.6) is 5.75 Å². The van der Waals surface area contributed by atoms with Crippen molar-refractivity contribution in [3.8, 4) is 5.75 Å². The number of phenolic OH excluding ortho intramolecular Hbond substituents is 1. The number of primary amides is 1. The van der Waals surface area contributed by atoms with Crippen LogP contribution in [0, 0.1) is 18.6 Å². The predicted octanol–water partition coefficient (Wildman–Crippen LogP) is 2.47. The maximum absolute atomic E-state index is 13.9. The Balaban J connectivity index is 1.87. The highest BCUT2D eigenvalue weighted by Gasteiger charge is 2.35. The molecular formula is C30H34F2N4O4. The standard InChI is InChI=1S/C30H34F2N4O4/c1-18-14-21(8-13-27(18)37)17-25(28(34)38)35(2)30(40)26(16-20-6-11-23(32)12-7-20)36(3)29(39)24(33)15-19-4-9-22(31)10-5-19/h4-14,24-26,37H,15-17,33H2,1-3H3,(H2,34,38)/t24-,25-,26+/m0/s1. The van der Waals surface area contributed by atoms with Crippen molar-refractivity contribution < 1.29 is 28.3 Å². The lowest BCUT2D eigenvalue weighted by Crippen LogP contribution is -2.57. The van der Waals surface area contributed by atoms with Crippen LogP contribution in [0.4, 0.5) is 8.78 Å². The number of aromatic hydroxyl groups is 1. The van der Waals surface area contributed by atoms with Crippen molar-refractivity contribution in [2.45, 2.75) is 44.3 Å². The fraction of sp³-hybridized carbons (Fsp3) is 0.300. The third-order valence-corrected chi connectivity index (χ3v) is 6.96. The number of halogens is 2. The monoisotopic (exact) mass is 552 g/mol. The number of benzene rings is 3. The number of hydrogen-bond acceptors (Lipinski definition) is 5. The first-order valence-electron chi connectivity index (χ1n) is 12.7. The second-order valence-electron chi connectivity index (χ2n) is 9.92. The fourth-order valence-electron chi connectivity index (χ4n) is 4.50. The van der Waals surface area contributed by atoms with Gasteiger partial charge in [-0.3, -0.25) is 14.4 Å². The molecule has 0 saturated heterocycles. The normalized spacial score (nSPS) is 13.2. The summed E-state index contributed by atoms with van der Waals surface area (Å²) in [6.45, 7) is 1.71. The highest BCUT2D eigenvalue weighted by Crippen LogP contribution is 2.20. The molecular weight excluding hydrogens is 518 g/mol. The average molecular weight is 553 g/mol. The van der Waals surface area contributed by atoms with E-state index in [4.69, 9.17) is 11.5 Å². The number of likely N-dealkylation sites (N-methyl/N-ethyl adjacent to an activating group) is 2. The van der Waals surface area contributed by atoms with E-state index in [1.165, 1.54) is 78.5 Å². The van der Waals surface area contributed by atoms with Gasteiger partial charge in [0.1, 0.15) is 29.5 Å². The molecule has 3 aromatic rings. The van der Waals surface area contributed by atoms with Gasteiger partial charge in [-0.15, -0.1) is 0 Å². The molecule has 3 atom stereocenters. The van der Waals surface area contributed by atoms with Crippen LogP contribution in [-0.2, 0) is 33.6 Å². The number of rotatable bonds is 11. The van der Waals surface area contributed by atoms with Crippen molar-refractivity contribution in [2.24, 2.45) is 11.5 Å². The molecule has 3 aromatic carbocycles. The summed E-state index contributed by atoms with van der Waals surface area (Å²) in [7, 11) is 2.87. The van der Waals surface area contributed by atoms with Gasteiger partial charge in [0.05, 0.1) is 6.04 Å². The lowest BCUT2D eigenvalue weighted by molar-refractivity contribution is -0.147. The molecule has 0 aliphatic heterocycles. The van der Waals surface area contributed by atoms with Crippen molar-refractivity contribution in [2.75, 3.05) is 14.1 Å². The summed E-state index contributed by atoms with van der Waals surface area (Å²) in [5.41, 5.74) is 14.4. The van der Waals surface area contributed by atoms with Crippen molar-refractivity contribution in [3.63, 3.8) is 0 Å². The van der Waals surface area contributed by atoms with E-state index in [1.807, 2.05) is 0 Å². The first-order chi connectivity index (χ1) is 18.9. The predicted molar refractivity (Wildman–Crippen MR) is 147 cm³/mol. The lowest BCUT2D eigenvalue weighted by atomic mass is 9.98. The van der Waals surface area contributed by atoms with E-state index in [0.29, 0.717) is 22.3 Å². The third-order valence-electron chi connectivity index (χ3n) is 6.96. The zero-order valence-corrected chi connectivity index (χ0v) is 22.7. The molecule has 0 bridgehead atoms. The molecule has 0 spiro atoms. The summed E-state index contributed by atoms with van der Waals surface area (Å²) >= 11 is 0. The highest BCUT2D eigenvalue weighted by molar-refractivity contribution is 5.93. The van der Waals surface area contributed by atoms with E-state index < -0.39 is 47.5 Å². The Kier molecular flexibility index (Phi) is 9.95. The number of phenols is 1. The molecule has 40 heavy (non-hydrogen) atoms. The van der Waals surface area contributed by atoms with E-state index >= 15 is 0 Å². The minimum atomic E-state index is -1.09. The van der Waals surface area contributed by atoms with Crippen molar-refractivity contribution in [3.05, 3.63) is 101 Å². The number of nitrogens with zero attached hydrogens (tertiary/aromatic N) is 2. The Labute approximate surface area is 232 Å². The number of carbonyl (C=O) groups is 3. The molecule has 0 aromatic heterocycles. The number of carbonyl (C=O) groups excluding carboxylic acids is 3. The third kappa shape index (κ3) is 7.63. The van der Waals surface area contributed by atoms with Crippen molar-refractivity contribution in [1.82, 2.24) is 9.80 Å². The Bertz CT molecular complexity index is 1350. The van der Waals surface area contributed by atoms with Gasteiger partial charge in [-0.2, -0.15) is 0 Å². The summed E-state index contributed by atoms with van der Waals surface area (Å²) in [6.07, 6.45) is 0.226. The molecule has 0 saturated carbocycles. The van der Waals surface area contributed by atoms with Crippen LogP contribution in [0.3, 0.4) is 0 Å². The summed E-state index contributed by atoms with van der Waals surface area (Å²) < 4.78 is 26.8. The van der Waals surface area contributed by atoms with Crippen LogP contribution in [0.2, 0.25) is 0 Å². The molecule has 3 rings (SSSR count). The maximum atomic E-state index is 13.9. The largest absolute Gasteiger partial charge is 0.508 e. The summed E-state index contributed by atoms with van der Waals surface area (Å²) in [5.74, 6) is -2.62. The minimum absolute atomic E-state index is 0.0265. The molecule has 0 aliphatic rings. The minimum Gasteiger partial charge on any atom is -0.508 e. The molecule has 5 N–H and O–H groups in total. The van der Waals surface area contributed by atoms with Crippen molar-refractivity contribution >= 4 is 17.7 Å². The summed E-state index contributed by atoms with van der Waals surface area (Å²) in [4.78, 5) is 42.1. The van der Waals surface area contributed by atoms with Crippen LogP contribution in [0.15, 0.2) is 66.7 Å². The van der Waals surface area contributed by atoms with Gasteiger partial charge in [0.2, 0.25) is 17.7 Å². The van der Waals surface area contributed by atoms with Crippen LogP contribution in [0.1, 0.15) is 22.3 Å². The van der Waals surface area contributed by atoms with E-state index in [1.54, 1.807) is 19.1 Å². The lowest BCUT2D eigenvalue weighted by Gasteiger charge is -2.35. The van der Waals surface area contributed by atoms with E-state index in [-0.39, 0.29) is 25.0 Å². The topological polar surface area (TPSA) is 130 Å². The quantitative estimate of drug-likeness (QED) is 0.337. The van der Waals surface area contributed by atoms with Gasteiger partial charge in [0.25, 0.3) is 0 Å². The van der Waals surface area contributed by atoms with Crippen molar-refractivity contribution in [1.29, 1.82) is 0 Å². The second kappa shape index (κ2) is 13.2. The maximum Gasteiger partial charge on any atom is 0.246 e. The number of amides is 3. The molecule has 10 heteroatoms. The van der Waals surface area contributed by atoms with Crippen LogP contribution in [-0.4, -0.2) is 64.8 Å². The molecule has 0 fully saturated rings. The Hall–Kier alpha value is -4.31.